The summed E-state index contributed by atoms with van der Waals surface area (Å²) in [6.45, 7) is 0.491. The van der Waals surface area contributed by atoms with Gasteiger partial charge in [-0.2, -0.15) is 0 Å². The molecule has 1 aromatic carbocycles. The molecule has 116 valence electrons. The van der Waals surface area contributed by atoms with Crippen LogP contribution >= 0.6 is 11.3 Å². The van der Waals surface area contributed by atoms with Gasteiger partial charge in [0.15, 0.2) is 11.7 Å². The van der Waals surface area contributed by atoms with Crippen molar-refractivity contribution in [2.75, 3.05) is 11.9 Å². The van der Waals surface area contributed by atoms with E-state index in [9.17, 15) is 4.79 Å². The molecule has 0 radical (unpaired) electrons. The van der Waals surface area contributed by atoms with Crippen molar-refractivity contribution in [2.24, 2.45) is 0 Å². The summed E-state index contributed by atoms with van der Waals surface area (Å²) in [5, 5.41) is 7.75. The molecule has 1 saturated carbocycles. The number of nitrogens with zero attached hydrogens (tertiary/aromatic N) is 1. The van der Waals surface area contributed by atoms with Crippen LogP contribution in [0.4, 0.5) is 5.13 Å². The summed E-state index contributed by atoms with van der Waals surface area (Å²) in [6.07, 6.45) is 6.43. The summed E-state index contributed by atoms with van der Waals surface area (Å²) in [6, 6.07) is 10.6. The molecule has 1 fully saturated rings. The predicted molar refractivity (Wildman–Crippen MR) is 89.8 cm³/mol. The van der Waals surface area contributed by atoms with Crippen molar-refractivity contribution in [1.82, 2.24) is 4.98 Å². The molecule has 4 nitrogen and oxygen atoms in total. The zero-order chi connectivity index (χ0) is 15.2. The van der Waals surface area contributed by atoms with Crippen molar-refractivity contribution in [3.8, 4) is 11.3 Å². The van der Waals surface area contributed by atoms with Gasteiger partial charge in [-0.05, 0) is 25.7 Å². The van der Waals surface area contributed by atoms with Crippen LogP contribution in [0.25, 0.3) is 11.3 Å². The molecule has 1 heterocycles. The van der Waals surface area contributed by atoms with E-state index >= 15 is 0 Å². The van der Waals surface area contributed by atoms with E-state index in [4.69, 9.17) is 0 Å². The number of nitrogens with two attached hydrogens (primary N) is 1. The Morgan fingerprint density at radius 2 is 2.00 bits per heavy atom. The second-order valence-electron chi connectivity index (χ2n) is 5.79. The number of anilines is 1. The van der Waals surface area contributed by atoms with Crippen LogP contribution in [0, 0.1) is 0 Å². The minimum atomic E-state index is 0.0412. The largest absolute Gasteiger partial charge is 0.336 e. The highest BCUT2D eigenvalue weighted by atomic mass is 32.1. The molecule has 0 bridgehead atoms. The molecule has 0 aliphatic heterocycles. The minimum absolute atomic E-state index is 0.0412. The summed E-state index contributed by atoms with van der Waals surface area (Å²) >= 11 is 1.48. The standard InChI is InChI=1S/C17H21N3OS/c21-16(11-18-14-9-5-2-6-10-14)20-17-19-15(12-22-17)13-7-3-1-4-8-13/h1,3-4,7-8,12,14,18H,2,5-6,9-11H2,(H,19,20,21)/p+1. The van der Waals surface area contributed by atoms with Crippen molar-refractivity contribution in [3.63, 3.8) is 0 Å². The lowest BCUT2D eigenvalue weighted by Crippen LogP contribution is -2.91. The number of nitrogens with one attached hydrogen (secondary N) is 1. The van der Waals surface area contributed by atoms with Gasteiger partial charge in [0.05, 0.1) is 11.7 Å². The first-order valence-electron chi connectivity index (χ1n) is 7.95. The van der Waals surface area contributed by atoms with Crippen LogP contribution < -0.4 is 10.6 Å². The molecule has 3 N–H and O–H groups in total. The molecule has 1 aliphatic carbocycles. The zero-order valence-corrected chi connectivity index (χ0v) is 13.4. The van der Waals surface area contributed by atoms with Crippen LogP contribution in [-0.4, -0.2) is 23.5 Å². The topological polar surface area (TPSA) is 58.6 Å². The fraction of sp³-hybridized carbons (Fsp3) is 0.412. The van der Waals surface area contributed by atoms with Crippen molar-refractivity contribution < 1.29 is 10.1 Å². The molecule has 0 spiro atoms. The third-order valence-corrected chi connectivity index (χ3v) is 4.86. The number of amides is 1. The fourth-order valence-corrected chi connectivity index (χ4v) is 3.62. The van der Waals surface area contributed by atoms with Crippen LogP contribution in [0.1, 0.15) is 32.1 Å². The van der Waals surface area contributed by atoms with Gasteiger partial charge in [-0.25, -0.2) is 4.98 Å². The van der Waals surface area contributed by atoms with Gasteiger partial charge < -0.3 is 5.32 Å². The Labute approximate surface area is 135 Å². The fourth-order valence-electron chi connectivity index (χ4n) is 2.89. The van der Waals surface area contributed by atoms with E-state index in [1.807, 2.05) is 35.7 Å². The summed E-state index contributed by atoms with van der Waals surface area (Å²) in [5.74, 6) is 0.0412. The molecule has 22 heavy (non-hydrogen) atoms. The summed E-state index contributed by atoms with van der Waals surface area (Å²) in [5.41, 5.74) is 1.99. The quantitative estimate of drug-likeness (QED) is 0.891. The first kappa shape index (κ1) is 15.2. The smallest absolute Gasteiger partial charge is 0.281 e. The average molecular weight is 316 g/mol. The lowest BCUT2D eigenvalue weighted by Gasteiger charge is -2.19. The monoisotopic (exact) mass is 316 g/mol. The number of benzene rings is 1. The van der Waals surface area contributed by atoms with Gasteiger partial charge in [0, 0.05) is 10.9 Å². The molecular weight excluding hydrogens is 294 g/mol. The van der Waals surface area contributed by atoms with E-state index in [1.54, 1.807) is 0 Å². The molecule has 2 aromatic rings. The first-order chi connectivity index (χ1) is 10.8. The van der Waals surface area contributed by atoms with E-state index in [2.05, 4.69) is 15.6 Å². The van der Waals surface area contributed by atoms with Crippen LogP contribution in [-0.2, 0) is 4.79 Å². The third-order valence-electron chi connectivity index (χ3n) is 4.11. The van der Waals surface area contributed by atoms with E-state index in [0.717, 1.165) is 11.3 Å². The first-order valence-corrected chi connectivity index (χ1v) is 8.83. The molecule has 0 atom stereocenters. The maximum Gasteiger partial charge on any atom is 0.281 e. The van der Waals surface area contributed by atoms with E-state index < -0.39 is 0 Å². The highest BCUT2D eigenvalue weighted by Crippen LogP contribution is 2.24. The summed E-state index contributed by atoms with van der Waals surface area (Å²) in [7, 11) is 0. The van der Waals surface area contributed by atoms with Gasteiger partial charge in [0.25, 0.3) is 5.91 Å². The molecular formula is C17H22N3OS+. The number of hydrogen-bond acceptors (Lipinski definition) is 3. The Kier molecular flexibility index (Phi) is 5.19. The van der Waals surface area contributed by atoms with Crippen LogP contribution in [0.2, 0.25) is 0 Å². The molecule has 1 amide bonds. The normalized spacial score (nSPS) is 15.6. The van der Waals surface area contributed by atoms with Gasteiger partial charge in [0.1, 0.15) is 0 Å². The number of carbonyl (C=O) groups excluding carboxylic acids is 1. The van der Waals surface area contributed by atoms with Gasteiger partial charge in [0.2, 0.25) is 0 Å². The number of carbonyl (C=O) groups is 1. The number of hydrogen-bond donors (Lipinski definition) is 2. The van der Waals surface area contributed by atoms with E-state index in [1.165, 1.54) is 43.4 Å². The Morgan fingerprint density at radius 1 is 1.23 bits per heavy atom. The zero-order valence-electron chi connectivity index (χ0n) is 12.6. The Morgan fingerprint density at radius 3 is 2.77 bits per heavy atom. The lowest BCUT2D eigenvalue weighted by molar-refractivity contribution is -0.681. The Bertz CT molecular complexity index is 605. The maximum absolute atomic E-state index is 12.0. The van der Waals surface area contributed by atoms with E-state index in [0.29, 0.717) is 17.7 Å². The SMILES string of the molecule is O=C(C[NH2+]C1CCCCC1)Nc1nc(-c2ccccc2)cs1. The number of aromatic nitrogens is 1. The number of thiazole rings is 1. The number of quaternary nitrogens is 1. The van der Waals surface area contributed by atoms with Crippen molar-refractivity contribution in [3.05, 3.63) is 35.7 Å². The highest BCUT2D eigenvalue weighted by molar-refractivity contribution is 7.14. The van der Waals surface area contributed by atoms with Crippen LogP contribution in [0.3, 0.4) is 0 Å². The molecule has 5 heteroatoms. The van der Waals surface area contributed by atoms with Gasteiger partial charge >= 0.3 is 0 Å². The summed E-state index contributed by atoms with van der Waals surface area (Å²) in [4.78, 5) is 16.5. The Hall–Kier alpha value is -1.72. The van der Waals surface area contributed by atoms with Crippen LogP contribution in [0.5, 0.6) is 0 Å². The van der Waals surface area contributed by atoms with Crippen LogP contribution in [0.15, 0.2) is 35.7 Å². The molecule has 0 saturated heterocycles. The van der Waals surface area contributed by atoms with Gasteiger partial charge in [-0.15, -0.1) is 11.3 Å². The van der Waals surface area contributed by atoms with Crippen molar-refractivity contribution in [1.29, 1.82) is 0 Å². The summed E-state index contributed by atoms with van der Waals surface area (Å²) < 4.78 is 0. The maximum atomic E-state index is 12.0. The third kappa shape index (κ3) is 4.15. The molecule has 3 rings (SSSR count). The predicted octanol–water partition coefficient (Wildman–Crippen LogP) is 2.64. The highest BCUT2D eigenvalue weighted by Gasteiger charge is 2.17. The van der Waals surface area contributed by atoms with Crippen molar-refractivity contribution in [2.45, 2.75) is 38.1 Å². The second-order valence-corrected chi connectivity index (χ2v) is 6.65. The van der Waals surface area contributed by atoms with E-state index in [-0.39, 0.29) is 5.91 Å². The Balaban J connectivity index is 1.50. The molecule has 1 aliphatic rings. The second kappa shape index (κ2) is 7.51. The minimum Gasteiger partial charge on any atom is -0.336 e. The molecule has 1 aromatic heterocycles. The number of rotatable bonds is 5. The van der Waals surface area contributed by atoms with Gasteiger partial charge in [-0.1, -0.05) is 36.8 Å². The average Bonchev–Trinajstić information content (AvgIpc) is 3.03. The van der Waals surface area contributed by atoms with Gasteiger partial charge in [-0.3, -0.25) is 10.1 Å². The molecule has 0 unspecified atom stereocenters. The lowest BCUT2D eigenvalue weighted by atomic mass is 9.95. The van der Waals surface area contributed by atoms with Crippen molar-refractivity contribution >= 4 is 22.4 Å².